The van der Waals surface area contributed by atoms with E-state index in [0.29, 0.717) is 29.4 Å². The largest absolute Gasteiger partial charge is 0.440 e. The molecule has 0 spiro atoms. The Labute approximate surface area is 141 Å². The molecule has 0 radical (unpaired) electrons. The molecule has 0 saturated carbocycles. The number of aryl methyl sites for hydroxylation is 2. The molecule has 2 aromatic rings. The molecule has 2 saturated heterocycles. The highest BCUT2D eigenvalue weighted by atomic mass is 16.4. The molecule has 2 atom stereocenters. The standard InChI is InChI=1S/C17H23N5O2/c1-10-15(20-16(24-10)11-8-18-21(2)9-11)17(23)22(3)14-6-12-4-5-13(7-14)19-12/h8-9,12-14,19H,4-7H2,1-3H3. The summed E-state index contributed by atoms with van der Waals surface area (Å²) in [7, 11) is 3.72. The molecular formula is C17H23N5O2. The molecule has 2 aromatic heterocycles. The number of nitrogens with zero attached hydrogens (tertiary/aromatic N) is 4. The fraction of sp³-hybridized carbons (Fsp3) is 0.588. The number of carbonyl (C=O) groups excluding carboxylic acids is 1. The first-order valence-corrected chi connectivity index (χ1v) is 8.51. The van der Waals surface area contributed by atoms with E-state index in [2.05, 4.69) is 15.4 Å². The SMILES string of the molecule is Cc1oc(-c2cnn(C)c2)nc1C(=O)N(C)C1CC2CCC(C1)N2. The van der Waals surface area contributed by atoms with E-state index in [-0.39, 0.29) is 11.9 Å². The van der Waals surface area contributed by atoms with Gasteiger partial charge in [0.2, 0.25) is 5.89 Å². The van der Waals surface area contributed by atoms with E-state index < -0.39 is 0 Å². The van der Waals surface area contributed by atoms with E-state index >= 15 is 0 Å². The molecule has 2 aliphatic rings. The molecule has 7 nitrogen and oxygen atoms in total. The van der Waals surface area contributed by atoms with Gasteiger partial charge >= 0.3 is 0 Å². The van der Waals surface area contributed by atoms with E-state index in [0.717, 1.165) is 18.4 Å². The number of piperidine rings is 1. The van der Waals surface area contributed by atoms with Crippen LogP contribution in [0.4, 0.5) is 0 Å². The summed E-state index contributed by atoms with van der Waals surface area (Å²) in [6.45, 7) is 1.79. The van der Waals surface area contributed by atoms with Gasteiger partial charge in [-0.3, -0.25) is 9.48 Å². The van der Waals surface area contributed by atoms with Gasteiger partial charge in [0.1, 0.15) is 5.76 Å². The topological polar surface area (TPSA) is 76.2 Å². The second-order valence-electron chi connectivity index (χ2n) is 7.01. The number of fused-ring (bicyclic) bond motifs is 2. The Morgan fingerprint density at radius 1 is 1.38 bits per heavy atom. The van der Waals surface area contributed by atoms with E-state index in [1.54, 1.807) is 17.8 Å². The average Bonchev–Trinajstić information content (AvgIpc) is 3.25. The normalized spacial score (nSPS) is 25.9. The van der Waals surface area contributed by atoms with Gasteiger partial charge in [-0.05, 0) is 32.6 Å². The fourth-order valence-corrected chi connectivity index (χ4v) is 3.93. The van der Waals surface area contributed by atoms with E-state index in [9.17, 15) is 4.79 Å². The summed E-state index contributed by atoms with van der Waals surface area (Å²) >= 11 is 0. The zero-order chi connectivity index (χ0) is 16.8. The summed E-state index contributed by atoms with van der Waals surface area (Å²) in [5.74, 6) is 0.947. The highest BCUT2D eigenvalue weighted by molar-refractivity contribution is 5.93. The Morgan fingerprint density at radius 2 is 2.08 bits per heavy atom. The van der Waals surface area contributed by atoms with Crippen LogP contribution >= 0.6 is 0 Å². The summed E-state index contributed by atoms with van der Waals surface area (Å²) in [5, 5.41) is 7.74. The van der Waals surface area contributed by atoms with E-state index in [4.69, 9.17) is 4.42 Å². The highest BCUT2D eigenvalue weighted by Crippen LogP contribution is 2.30. The monoisotopic (exact) mass is 329 g/mol. The minimum atomic E-state index is -0.0577. The molecule has 4 heterocycles. The van der Waals surface area contributed by atoms with Crippen molar-refractivity contribution in [1.82, 2.24) is 25.0 Å². The third-order valence-electron chi connectivity index (χ3n) is 5.27. The Hall–Kier alpha value is -2.15. The molecule has 4 rings (SSSR count). The number of nitrogens with one attached hydrogen (secondary N) is 1. The Bertz CT molecular complexity index is 753. The third kappa shape index (κ3) is 2.62. The highest BCUT2D eigenvalue weighted by Gasteiger charge is 2.37. The van der Waals surface area contributed by atoms with Gasteiger partial charge in [-0.2, -0.15) is 5.10 Å². The second-order valence-corrected chi connectivity index (χ2v) is 7.01. The summed E-state index contributed by atoms with van der Waals surface area (Å²) < 4.78 is 7.39. The minimum Gasteiger partial charge on any atom is -0.440 e. The quantitative estimate of drug-likeness (QED) is 0.928. The van der Waals surface area contributed by atoms with Gasteiger partial charge in [0.25, 0.3) is 5.91 Å². The molecule has 1 amide bonds. The van der Waals surface area contributed by atoms with Crippen molar-refractivity contribution in [2.24, 2.45) is 7.05 Å². The Balaban J connectivity index is 1.54. The predicted octanol–water partition coefficient (Wildman–Crippen LogP) is 1.74. The van der Waals surface area contributed by atoms with Crippen LogP contribution in [-0.2, 0) is 7.05 Å². The van der Waals surface area contributed by atoms with Gasteiger partial charge < -0.3 is 14.6 Å². The summed E-state index contributed by atoms with van der Waals surface area (Å²) in [6, 6.07) is 1.37. The van der Waals surface area contributed by atoms with Gasteiger partial charge in [0, 0.05) is 38.4 Å². The zero-order valence-corrected chi connectivity index (χ0v) is 14.3. The number of carbonyl (C=O) groups is 1. The molecule has 2 aliphatic heterocycles. The van der Waals surface area contributed by atoms with Crippen LogP contribution in [0.25, 0.3) is 11.5 Å². The lowest BCUT2D eigenvalue weighted by Gasteiger charge is -2.35. The van der Waals surface area contributed by atoms with Crippen molar-refractivity contribution in [2.75, 3.05) is 7.05 Å². The van der Waals surface area contributed by atoms with Gasteiger partial charge in [-0.1, -0.05) is 0 Å². The maximum absolute atomic E-state index is 12.9. The average molecular weight is 329 g/mol. The molecule has 0 aliphatic carbocycles. The van der Waals surface area contributed by atoms with Crippen molar-refractivity contribution >= 4 is 5.91 Å². The molecule has 2 bridgehead atoms. The number of oxazole rings is 1. The van der Waals surface area contributed by atoms with Crippen molar-refractivity contribution in [2.45, 2.75) is 50.7 Å². The molecule has 2 fully saturated rings. The van der Waals surface area contributed by atoms with Crippen LogP contribution in [0.1, 0.15) is 41.9 Å². The van der Waals surface area contributed by atoms with E-state index in [1.165, 1.54) is 12.8 Å². The summed E-state index contributed by atoms with van der Waals surface area (Å²) in [6.07, 6.45) is 7.99. The van der Waals surface area contributed by atoms with Gasteiger partial charge in [-0.25, -0.2) is 4.98 Å². The number of hydrogen-bond donors (Lipinski definition) is 1. The van der Waals surface area contributed by atoms with Gasteiger partial charge in [-0.15, -0.1) is 0 Å². The first-order valence-electron chi connectivity index (χ1n) is 8.51. The number of hydrogen-bond acceptors (Lipinski definition) is 5. The Morgan fingerprint density at radius 3 is 2.71 bits per heavy atom. The van der Waals surface area contributed by atoms with Crippen LogP contribution in [0.5, 0.6) is 0 Å². The molecule has 128 valence electrons. The Kier molecular flexibility index (Phi) is 3.68. The minimum absolute atomic E-state index is 0.0577. The first kappa shape index (κ1) is 15.4. The van der Waals surface area contributed by atoms with Crippen LogP contribution in [0.15, 0.2) is 16.8 Å². The fourth-order valence-electron chi connectivity index (χ4n) is 3.93. The van der Waals surface area contributed by atoms with Gasteiger partial charge in [0.15, 0.2) is 5.69 Å². The molecular weight excluding hydrogens is 306 g/mol. The molecule has 0 aromatic carbocycles. The van der Waals surface area contributed by atoms with Crippen molar-refractivity contribution in [1.29, 1.82) is 0 Å². The van der Waals surface area contributed by atoms with Crippen molar-refractivity contribution in [3.05, 3.63) is 23.8 Å². The second kappa shape index (κ2) is 5.73. The molecule has 2 unspecified atom stereocenters. The predicted molar refractivity (Wildman–Crippen MR) is 88.5 cm³/mol. The van der Waals surface area contributed by atoms with Crippen molar-refractivity contribution in [3.63, 3.8) is 0 Å². The summed E-state index contributed by atoms with van der Waals surface area (Å²) in [4.78, 5) is 19.2. The number of rotatable bonds is 3. The molecule has 24 heavy (non-hydrogen) atoms. The lowest BCUT2D eigenvalue weighted by atomic mass is 9.98. The smallest absolute Gasteiger partial charge is 0.276 e. The zero-order valence-electron chi connectivity index (χ0n) is 14.3. The van der Waals surface area contributed by atoms with Crippen molar-refractivity contribution < 1.29 is 9.21 Å². The van der Waals surface area contributed by atoms with Crippen LogP contribution in [0.3, 0.4) is 0 Å². The third-order valence-corrected chi connectivity index (χ3v) is 5.27. The summed E-state index contributed by atoms with van der Waals surface area (Å²) in [5.41, 5.74) is 1.18. The van der Waals surface area contributed by atoms with Crippen LogP contribution in [-0.4, -0.2) is 50.7 Å². The van der Waals surface area contributed by atoms with Crippen LogP contribution in [0, 0.1) is 6.92 Å². The number of aromatic nitrogens is 3. The molecule has 7 heteroatoms. The maximum Gasteiger partial charge on any atom is 0.276 e. The maximum atomic E-state index is 12.9. The van der Waals surface area contributed by atoms with Gasteiger partial charge in [0.05, 0.1) is 11.8 Å². The lowest BCUT2D eigenvalue weighted by Crippen LogP contribution is -2.48. The number of amides is 1. The van der Waals surface area contributed by atoms with Crippen LogP contribution in [0.2, 0.25) is 0 Å². The van der Waals surface area contributed by atoms with E-state index in [1.807, 2.05) is 25.2 Å². The molecule has 1 N–H and O–H groups in total. The van der Waals surface area contributed by atoms with Crippen molar-refractivity contribution in [3.8, 4) is 11.5 Å². The lowest BCUT2D eigenvalue weighted by molar-refractivity contribution is 0.0674. The van der Waals surface area contributed by atoms with Crippen LogP contribution < -0.4 is 5.32 Å². The first-order chi connectivity index (χ1) is 11.5.